The smallest absolute Gasteiger partial charge is 0.194 e. The van der Waals surface area contributed by atoms with Crippen LogP contribution in [0.1, 0.15) is 46.3 Å². The first-order valence-electron chi connectivity index (χ1n) is 7.20. The molecule has 0 aromatic carbocycles. The van der Waals surface area contributed by atoms with E-state index >= 15 is 0 Å². The number of rotatable bonds is 4. The van der Waals surface area contributed by atoms with Crippen molar-refractivity contribution in [1.29, 1.82) is 0 Å². The second kappa shape index (κ2) is 5.31. The van der Waals surface area contributed by atoms with Crippen LogP contribution in [-0.4, -0.2) is 9.38 Å². The Morgan fingerprint density at radius 1 is 1.33 bits per heavy atom. The third kappa shape index (κ3) is 2.63. The minimum absolute atomic E-state index is 0.257. The van der Waals surface area contributed by atoms with Gasteiger partial charge in [0.1, 0.15) is 11.5 Å². The topological polar surface area (TPSA) is 42.5 Å². The number of thiazole rings is 1. The van der Waals surface area contributed by atoms with Crippen LogP contribution < -0.4 is 5.32 Å². The molecule has 1 N–H and O–H groups in total. The van der Waals surface area contributed by atoms with E-state index in [1.807, 2.05) is 13.8 Å². The van der Waals surface area contributed by atoms with Crippen LogP contribution in [0.2, 0.25) is 0 Å². The summed E-state index contributed by atoms with van der Waals surface area (Å²) in [7, 11) is 0. The van der Waals surface area contributed by atoms with Gasteiger partial charge in [0, 0.05) is 29.2 Å². The summed E-state index contributed by atoms with van der Waals surface area (Å²) in [5.41, 5.74) is 3.56. The predicted molar refractivity (Wildman–Crippen MR) is 86.0 cm³/mol. The van der Waals surface area contributed by atoms with Crippen LogP contribution in [-0.2, 0) is 6.54 Å². The second-order valence-corrected chi connectivity index (χ2v) is 6.82. The van der Waals surface area contributed by atoms with Crippen molar-refractivity contribution in [1.82, 2.24) is 14.7 Å². The number of aryl methyl sites for hydroxylation is 4. The predicted octanol–water partition coefficient (Wildman–Crippen LogP) is 4.07. The Labute approximate surface area is 128 Å². The number of fused-ring (bicyclic) bond motifs is 1. The minimum Gasteiger partial charge on any atom is -0.466 e. The van der Waals surface area contributed by atoms with E-state index in [1.165, 1.54) is 16.1 Å². The molecule has 5 heteroatoms. The molecule has 1 atom stereocenters. The van der Waals surface area contributed by atoms with Crippen molar-refractivity contribution in [2.45, 2.75) is 47.2 Å². The SMILES string of the molecule is Cc1cc(C(C)NCc2c(C)nc3sc(C)cn23)c(C)o1. The summed E-state index contributed by atoms with van der Waals surface area (Å²) in [4.78, 5) is 6.99. The standard InChI is InChI=1S/C16H21N3OS/c1-9-6-14(13(5)20-9)11(3)17-7-15-12(4)18-16-19(15)8-10(2)21-16/h6,8,11,17H,7H2,1-5H3. The van der Waals surface area contributed by atoms with E-state index in [0.29, 0.717) is 0 Å². The van der Waals surface area contributed by atoms with E-state index < -0.39 is 0 Å². The Kier molecular flexibility index (Phi) is 3.63. The maximum absolute atomic E-state index is 5.61. The molecule has 0 aliphatic carbocycles. The van der Waals surface area contributed by atoms with Gasteiger partial charge < -0.3 is 9.73 Å². The third-order valence-electron chi connectivity index (χ3n) is 3.86. The maximum atomic E-state index is 5.61. The first kappa shape index (κ1) is 14.4. The molecule has 0 fully saturated rings. The Morgan fingerprint density at radius 3 is 2.76 bits per heavy atom. The van der Waals surface area contributed by atoms with Gasteiger partial charge in [-0.2, -0.15) is 0 Å². The molecule has 0 amide bonds. The number of imidazole rings is 1. The first-order valence-corrected chi connectivity index (χ1v) is 8.01. The highest BCUT2D eigenvalue weighted by Crippen LogP contribution is 2.23. The lowest BCUT2D eigenvalue weighted by molar-refractivity contribution is 0.488. The highest BCUT2D eigenvalue weighted by molar-refractivity contribution is 7.17. The van der Waals surface area contributed by atoms with E-state index in [0.717, 1.165) is 28.7 Å². The Bertz CT molecular complexity index is 781. The number of hydrogen-bond donors (Lipinski definition) is 1. The second-order valence-electron chi connectivity index (χ2n) is 5.61. The van der Waals surface area contributed by atoms with Gasteiger partial charge in [0.2, 0.25) is 0 Å². The molecule has 3 heterocycles. The molecule has 112 valence electrons. The van der Waals surface area contributed by atoms with Gasteiger partial charge in [0.25, 0.3) is 0 Å². The molecule has 0 radical (unpaired) electrons. The van der Waals surface area contributed by atoms with Crippen LogP contribution in [0.5, 0.6) is 0 Å². The van der Waals surface area contributed by atoms with Crippen LogP contribution in [0, 0.1) is 27.7 Å². The summed E-state index contributed by atoms with van der Waals surface area (Å²) in [5.74, 6) is 1.96. The summed E-state index contributed by atoms with van der Waals surface area (Å²) >= 11 is 1.73. The summed E-state index contributed by atoms with van der Waals surface area (Å²) in [6.07, 6.45) is 2.16. The number of hydrogen-bond acceptors (Lipinski definition) is 4. The maximum Gasteiger partial charge on any atom is 0.194 e. The van der Waals surface area contributed by atoms with Crippen LogP contribution in [0.15, 0.2) is 16.7 Å². The lowest BCUT2D eigenvalue weighted by Crippen LogP contribution is -2.19. The fourth-order valence-electron chi connectivity index (χ4n) is 2.76. The van der Waals surface area contributed by atoms with Gasteiger partial charge in [-0.05, 0) is 40.7 Å². The van der Waals surface area contributed by atoms with E-state index in [9.17, 15) is 0 Å². The molecule has 21 heavy (non-hydrogen) atoms. The molecule has 1 unspecified atom stereocenters. The lowest BCUT2D eigenvalue weighted by atomic mass is 10.1. The number of nitrogens with zero attached hydrogens (tertiary/aromatic N) is 2. The number of nitrogens with one attached hydrogen (secondary N) is 1. The molecule has 0 saturated heterocycles. The van der Waals surface area contributed by atoms with E-state index in [2.05, 4.69) is 47.7 Å². The quantitative estimate of drug-likeness (QED) is 0.790. The van der Waals surface area contributed by atoms with Crippen LogP contribution >= 0.6 is 11.3 Å². The zero-order chi connectivity index (χ0) is 15.1. The monoisotopic (exact) mass is 303 g/mol. The largest absolute Gasteiger partial charge is 0.466 e. The Hall–Kier alpha value is -1.59. The molecule has 0 aliphatic rings. The average Bonchev–Trinajstić information content (AvgIpc) is 3.00. The van der Waals surface area contributed by atoms with E-state index in [1.54, 1.807) is 11.3 Å². The molecule has 0 spiro atoms. The first-order chi connectivity index (χ1) is 9.95. The minimum atomic E-state index is 0.257. The summed E-state index contributed by atoms with van der Waals surface area (Å²) in [6, 6.07) is 2.37. The Morgan fingerprint density at radius 2 is 2.10 bits per heavy atom. The third-order valence-corrected chi connectivity index (χ3v) is 4.76. The molecule has 0 saturated carbocycles. The number of furan rings is 1. The van der Waals surface area contributed by atoms with Gasteiger partial charge in [0.05, 0.1) is 11.4 Å². The van der Waals surface area contributed by atoms with Gasteiger partial charge in [-0.3, -0.25) is 4.40 Å². The van der Waals surface area contributed by atoms with E-state index in [-0.39, 0.29) is 6.04 Å². The van der Waals surface area contributed by atoms with Crippen molar-refractivity contribution in [3.05, 3.63) is 45.6 Å². The van der Waals surface area contributed by atoms with Crippen LogP contribution in [0.25, 0.3) is 4.96 Å². The Balaban J connectivity index is 1.80. The van der Waals surface area contributed by atoms with Crippen molar-refractivity contribution in [2.75, 3.05) is 0 Å². The molecule has 0 bridgehead atoms. The highest BCUT2D eigenvalue weighted by atomic mass is 32.1. The zero-order valence-corrected chi connectivity index (χ0v) is 14.0. The van der Waals surface area contributed by atoms with Gasteiger partial charge in [-0.25, -0.2) is 4.98 Å². The molecule has 0 aliphatic heterocycles. The fraction of sp³-hybridized carbons (Fsp3) is 0.438. The normalized spacial score (nSPS) is 13.2. The van der Waals surface area contributed by atoms with Crippen molar-refractivity contribution in [3.63, 3.8) is 0 Å². The molecule has 3 aromatic rings. The highest BCUT2D eigenvalue weighted by Gasteiger charge is 2.15. The average molecular weight is 303 g/mol. The summed E-state index contributed by atoms with van der Waals surface area (Å²) in [6.45, 7) is 11.2. The summed E-state index contributed by atoms with van der Waals surface area (Å²) < 4.78 is 7.81. The molecular weight excluding hydrogens is 282 g/mol. The van der Waals surface area contributed by atoms with Crippen LogP contribution in [0.3, 0.4) is 0 Å². The van der Waals surface area contributed by atoms with Gasteiger partial charge in [-0.1, -0.05) is 0 Å². The fourth-order valence-corrected chi connectivity index (χ4v) is 3.65. The molecule has 4 nitrogen and oxygen atoms in total. The molecule has 3 rings (SSSR count). The van der Waals surface area contributed by atoms with Gasteiger partial charge >= 0.3 is 0 Å². The summed E-state index contributed by atoms with van der Waals surface area (Å²) in [5, 5.41) is 3.58. The van der Waals surface area contributed by atoms with Crippen molar-refractivity contribution >= 4 is 16.3 Å². The number of aromatic nitrogens is 2. The van der Waals surface area contributed by atoms with Gasteiger partial charge in [0.15, 0.2) is 4.96 Å². The van der Waals surface area contributed by atoms with Crippen molar-refractivity contribution in [2.24, 2.45) is 0 Å². The molecular formula is C16H21N3OS. The zero-order valence-electron chi connectivity index (χ0n) is 13.2. The van der Waals surface area contributed by atoms with Crippen molar-refractivity contribution in [3.8, 4) is 0 Å². The van der Waals surface area contributed by atoms with E-state index in [4.69, 9.17) is 4.42 Å². The van der Waals surface area contributed by atoms with Crippen LogP contribution in [0.4, 0.5) is 0 Å². The van der Waals surface area contributed by atoms with Gasteiger partial charge in [-0.15, -0.1) is 11.3 Å². The van der Waals surface area contributed by atoms with Crippen molar-refractivity contribution < 1.29 is 4.42 Å². The molecule has 3 aromatic heterocycles. The lowest BCUT2D eigenvalue weighted by Gasteiger charge is -2.13.